The van der Waals surface area contributed by atoms with Crippen molar-refractivity contribution in [2.45, 2.75) is 12.8 Å². The summed E-state index contributed by atoms with van der Waals surface area (Å²) in [4.78, 5) is 25.0. The van der Waals surface area contributed by atoms with E-state index in [-0.39, 0.29) is 17.2 Å². The molecule has 0 saturated carbocycles. The monoisotopic (exact) mass is 414 g/mol. The van der Waals surface area contributed by atoms with Gasteiger partial charge in [-0.3, -0.25) is 14.8 Å². The molecule has 0 saturated heterocycles. The number of unbranched alkanes of at least 4 members (excludes halogenated alkanes) is 1. The van der Waals surface area contributed by atoms with E-state index in [9.17, 15) is 14.7 Å². The van der Waals surface area contributed by atoms with Crippen molar-refractivity contribution in [3.8, 4) is 17.2 Å². The zero-order chi connectivity index (χ0) is 21.9. The lowest BCUT2D eigenvalue weighted by Gasteiger charge is -2.18. The number of amides is 2. The number of aromatic hydroxyl groups is 1. The molecule has 0 aliphatic heterocycles. The van der Waals surface area contributed by atoms with Crippen LogP contribution in [0.3, 0.4) is 0 Å². The summed E-state index contributed by atoms with van der Waals surface area (Å²) in [5.74, 6) is 0.211. The molecule has 0 heterocycles. The fourth-order valence-electron chi connectivity index (χ4n) is 2.71. The average Bonchev–Trinajstić information content (AvgIpc) is 2.77. The standard InChI is InChI=1S/C22H26N2O6/c1-24(22(27)17-7-3-4-8-18(17)25)13-5-6-14-30-19-11-9-16(15-20(19)29-2)10-12-21(26)23-28/h3-4,7-12,15,25,28H,5-6,13-14H2,1-2H3,(H,23,26)/b12-10+. The van der Waals surface area contributed by atoms with Gasteiger partial charge in [0.15, 0.2) is 11.5 Å². The number of hydroxylamine groups is 1. The zero-order valence-corrected chi connectivity index (χ0v) is 17.0. The number of carbonyl (C=O) groups is 2. The average molecular weight is 414 g/mol. The Labute approximate surface area is 175 Å². The molecular formula is C22H26N2O6. The van der Waals surface area contributed by atoms with Crippen LogP contribution in [0.25, 0.3) is 6.08 Å². The van der Waals surface area contributed by atoms with Crippen LogP contribution in [0, 0.1) is 0 Å². The molecule has 8 heteroatoms. The fraction of sp³-hybridized carbons (Fsp3) is 0.273. The summed E-state index contributed by atoms with van der Waals surface area (Å²) in [5.41, 5.74) is 2.52. The molecule has 2 aromatic rings. The number of hydrogen-bond donors (Lipinski definition) is 3. The van der Waals surface area contributed by atoms with Gasteiger partial charge in [-0.05, 0) is 48.7 Å². The van der Waals surface area contributed by atoms with Crippen LogP contribution in [0.4, 0.5) is 0 Å². The summed E-state index contributed by atoms with van der Waals surface area (Å²) < 4.78 is 11.1. The van der Waals surface area contributed by atoms with Crippen molar-refractivity contribution in [3.63, 3.8) is 0 Å². The zero-order valence-electron chi connectivity index (χ0n) is 17.0. The number of para-hydroxylation sites is 1. The van der Waals surface area contributed by atoms with Crippen LogP contribution in [-0.2, 0) is 4.79 Å². The summed E-state index contributed by atoms with van der Waals surface area (Å²) in [6, 6.07) is 11.7. The number of nitrogens with one attached hydrogen (secondary N) is 1. The number of benzene rings is 2. The molecule has 3 N–H and O–H groups in total. The van der Waals surface area contributed by atoms with Crippen molar-refractivity contribution in [1.29, 1.82) is 0 Å². The van der Waals surface area contributed by atoms with Crippen LogP contribution in [0.15, 0.2) is 48.5 Å². The molecule has 8 nitrogen and oxygen atoms in total. The van der Waals surface area contributed by atoms with E-state index < -0.39 is 5.91 Å². The van der Waals surface area contributed by atoms with Crippen LogP contribution in [0.1, 0.15) is 28.8 Å². The molecule has 0 aromatic heterocycles. The van der Waals surface area contributed by atoms with Crippen molar-refractivity contribution in [2.75, 3.05) is 27.3 Å². The minimum absolute atomic E-state index is 0.0277. The Hall–Kier alpha value is -3.52. The Morgan fingerprint density at radius 2 is 1.90 bits per heavy atom. The highest BCUT2D eigenvalue weighted by Crippen LogP contribution is 2.28. The number of hydrogen-bond acceptors (Lipinski definition) is 6. The predicted octanol–water partition coefficient (Wildman–Crippen LogP) is 2.85. The van der Waals surface area contributed by atoms with Gasteiger partial charge in [0.05, 0.1) is 19.3 Å². The molecule has 2 aromatic carbocycles. The first-order valence-electron chi connectivity index (χ1n) is 9.42. The van der Waals surface area contributed by atoms with E-state index in [0.717, 1.165) is 12.8 Å². The topological polar surface area (TPSA) is 108 Å². The highest BCUT2D eigenvalue weighted by Gasteiger charge is 2.14. The van der Waals surface area contributed by atoms with Crippen molar-refractivity contribution in [1.82, 2.24) is 10.4 Å². The molecular weight excluding hydrogens is 388 g/mol. The Kier molecular flexibility index (Phi) is 8.71. The SMILES string of the molecule is COc1cc(/C=C/C(=O)NO)ccc1OCCCCN(C)C(=O)c1ccccc1O. The summed E-state index contributed by atoms with van der Waals surface area (Å²) in [7, 11) is 3.22. The highest BCUT2D eigenvalue weighted by atomic mass is 16.5. The fourth-order valence-corrected chi connectivity index (χ4v) is 2.71. The molecule has 0 bridgehead atoms. The number of phenols is 1. The van der Waals surface area contributed by atoms with E-state index in [4.69, 9.17) is 14.7 Å². The minimum atomic E-state index is -0.625. The van der Waals surface area contributed by atoms with Gasteiger partial charge in [0.25, 0.3) is 11.8 Å². The van der Waals surface area contributed by atoms with Gasteiger partial charge >= 0.3 is 0 Å². The molecule has 0 atom stereocenters. The smallest absolute Gasteiger partial charge is 0.267 e. The number of ether oxygens (including phenoxy) is 2. The summed E-state index contributed by atoms with van der Waals surface area (Å²) in [5, 5.41) is 18.3. The van der Waals surface area contributed by atoms with E-state index in [2.05, 4.69) is 0 Å². The van der Waals surface area contributed by atoms with Gasteiger partial charge in [0.1, 0.15) is 5.75 Å². The van der Waals surface area contributed by atoms with Gasteiger partial charge in [0, 0.05) is 19.7 Å². The molecule has 2 amide bonds. The second-order valence-corrected chi connectivity index (χ2v) is 6.52. The van der Waals surface area contributed by atoms with Crippen molar-refractivity contribution < 1.29 is 29.4 Å². The molecule has 30 heavy (non-hydrogen) atoms. The van der Waals surface area contributed by atoms with Gasteiger partial charge in [0.2, 0.25) is 0 Å². The first-order valence-corrected chi connectivity index (χ1v) is 9.42. The van der Waals surface area contributed by atoms with Gasteiger partial charge < -0.3 is 19.5 Å². The first-order chi connectivity index (χ1) is 14.5. The van der Waals surface area contributed by atoms with Crippen LogP contribution < -0.4 is 15.0 Å². The lowest BCUT2D eigenvalue weighted by Crippen LogP contribution is -2.28. The van der Waals surface area contributed by atoms with Crippen LogP contribution in [0.5, 0.6) is 17.2 Å². The quantitative estimate of drug-likeness (QED) is 0.239. The number of rotatable bonds is 10. The van der Waals surface area contributed by atoms with Crippen molar-refractivity contribution in [2.24, 2.45) is 0 Å². The minimum Gasteiger partial charge on any atom is -0.507 e. The van der Waals surface area contributed by atoms with E-state index >= 15 is 0 Å². The molecule has 0 aliphatic rings. The van der Waals surface area contributed by atoms with Crippen LogP contribution >= 0.6 is 0 Å². The third-order valence-electron chi connectivity index (χ3n) is 4.35. The number of methoxy groups -OCH3 is 1. The number of nitrogens with zero attached hydrogens (tertiary/aromatic N) is 1. The maximum Gasteiger partial charge on any atom is 0.267 e. The van der Waals surface area contributed by atoms with Gasteiger partial charge in [-0.1, -0.05) is 18.2 Å². The summed E-state index contributed by atoms with van der Waals surface area (Å²) >= 11 is 0. The third kappa shape index (κ3) is 6.52. The Morgan fingerprint density at radius 1 is 1.13 bits per heavy atom. The summed E-state index contributed by atoms with van der Waals surface area (Å²) in [6.07, 6.45) is 4.19. The Bertz CT molecular complexity index is 897. The maximum absolute atomic E-state index is 12.4. The number of carbonyl (C=O) groups excluding carboxylic acids is 2. The molecule has 0 fully saturated rings. The molecule has 0 radical (unpaired) electrons. The summed E-state index contributed by atoms with van der Waals surface area (Å²) in [6.45, 7) is 0.974. The molecule has 2 rings (SSSR count). The largest absolute Gasteiger partial charge is 0.507 e. The molecule has 160 valence electrons. The second kappa shape index (κ2) is 11.5. The normalized spacial score (nSPS) is 10.6. The van der Waals surface area contributed by atoms with Crippen molar-refractivity contribution in [3.05, 3.63) is 59.7 Å². The van der Waals surface area contributed by atoms with Gasteiger partial charge in [-0.2, -0.15) is 0 Å². The van der Waals surface area contributed by atoms with E-state index in [1.807, 2.05) is 0 Å². The lowest BCUT2D eigenvalue weighted by atomic mass is 10.1. The van der Waals surface area contributed by atoms with Gasteiger partial charge in [-0.15, -0.1) is 0 Å². The third-order valence-corrected chi connectivity index (χ3v) is 4.35. The second-order valence-electron chi connectivity index (χ2n) is 6.52. The number of phenolic OH excluding ortho intramolecular Hbond substituents is 1. The van der Waals surface area contributed by atoms with Crippen molar-refractivity contribution >= 4 is 17.9 Å². The van der Waals surface area contributed by atoms with Crippen LogP contribution in [0.2, 0.25) is 0 Å². The highest BCUT2D eigenvalue weighted by molar-refractivity contribution is 5.96. The van der Waals surface area contributed by atoms with E-state index in [0.29, 0.717) is 30.2 Å². The predicted molar refractivity (Wildman–Crippen MR) is 112 cm³/mol. The van der Waals surface area contributed by atoms with Gasteiger partial charge in [-0.25, -0.2) is 5.48 Å². The molecule has 0 unspecified atom stereocenters. The molecule has 0 aliphatic carbocycles. The van der Waals surface area contributed by atoms with E-state index in [1.54, 1.807) is 48.3 Å². The maximum atomic E-state index is 12.4. The molecule has 0 spiro atoms. The first kappa shape index (κ1) is 22.8. The lowest BCUT2D eigenvalue weighted by molar-refractivity contribution is -0.124. The van der Waals surface area contributed by atoms with Crippen LogP contribution in [-0.4, -0.2) is 54.3 Å². The Balaban J connectivity index is 1.81. The van der Waals surface area contributed by atoms with E-state index in [1.165, 1.54) is 30.8 Å². The Morgan fingerprint density at radius 3 is 2.60 bits per heavy atom.